The first-order valence-corrected chi connectivity index (χ1v) is 10.1. The summed E-state index contributed by atoms with van der Waals surface area (Å²) in [7, 11) is 0. The number of carbonyl (C=O) groups excluding carboxylic acids is 3. The minimum Gasteiger partial charge on any atom is -0.461 e. The van der Waals surface area contributed by atoms with Gasteiger partial charge in [0.05, 0.1) is 12.0 Å². The second-order valence-corrected chi connectivity index (χ2v) is 7.10. The molecular formula is C20H20N4O5S. The maximum absolute atomic E-state index is 12.0. The quantitative estimate of drug-likeness (QED) is 0.314. The van der Waals surface area contributed by atoms with Crippen LogP contribution in [0.15, 0.2) is 52.2 Å². The van der Waals surface area contributed by atoms with Crippen LogP contribution in [0.1, 0.15) is 24.2 Å². The van der Waals surface area contributed by atoms with Gasteiger partial charge in [0.2, 0.25) is 0 Å². The van der Waals surface area contributed by atoms with Crippen LogP contribution in [0.4, 0.5) is 5.69 Å². The monoisotopic (exact) mass is 428 g/mol. The number of aromatic nitrogens is 3. The molecule has 0 saturated carbocycles. The van der Waals surface area contributed by atoms with Crippen LogP contribution in [0.5, 0.6) is 0 Å². The zero-order valence-corrected chi connectivity index (χ0v) is 17.3. The first-order chi connectivity index (χ1) is 14.5. The van der Waals surface area contributed by atoms with Gasteiger partial charge in [0, 0.05) is 17.8 Å². The summed E-state index contributed by atoms with van der Waals surface area (Å²) in [4.78, 5) is 35.4. The molecule has 1 aromatic carbocycles. The number of benzene rings is 1. The normalized spacial score (nSPS) is 10.6. The van der Waals surface area contributed by atoms with Crippen LogP contribution in [-0.2, 0) is 20.9 Å². The van der Waals surface area contributed by atoms with Gasteiger partial charge < -0.3 is 14.5 Å². The van der Waals surface area contributed by atoms with Crippen molar-refractivity contribution in [2.45, 2.75) is 25.5 Å². The maximum atomic E-state index is 12.0. The largest absolute Gasteiger partial charge is 0.461 e. The number of anilines is 1. The van der Waals surface area contributed by atoms with E-state index in [1.165, 1.54) is 6.92 Å². The molecule has 0 spiro atoms. The summed E-state index contributed by atoms with van der Waals surface area (Å²) in [5.41, 5.74) is 0.940. The number of ketones is 1. The van der Waals surface area contributed by atoms with Gasteiger partial charge >= 0.3 is 5.97 Å². The lowest BCUT2D eigenvalue weighted by molar-refractivity contribution is -0.144. The Hall–Kier alpha value is -3.40. The second-order valence-electron chi connectivity index (χ2n) is 6.16. The third-order valence-electron chi connectivity index (χ3n) is 4.01. The third-order valence-corrected chi connectivity index (χ3v) is 4.95. The number of hydrogen-bond donors (Lipinski definition) is 1. The number of esters is 1. The van der Waals surface area contributed by atoms with E-state index in [1.54, 1.807) is 42.7 Å². The van der Waals surface area contributed by atoms with Crippen LogP contribution in [0, 0.1) is 0 Å². The highest BCUT2D eigenvalue weighted by atomic mass is 32.2. The van der Waals surface area contributed by atoms with Gasteiger partial charge in [-0.15, -0.1) is 10.2 Å². The lowest BCUT2D eigenvalue weighted by Gasteiger charge is -2.08. The van der Waals surface area contributed by atoms with Gasteiger partial charge in [0.1, 0.15) is 0 Å². The van der Waals surface area contributed by atoms with E-state index in [0.29, 0.717) is 34.5 Å². The molecule has 0 saturated heterocycles. The van der Waals surface area contributed by atoms with Gasteiger partial charge in [-0.2, -0.15) is 0 Å². The summed E-state index contributed by atoms with van der Waals surface area (Å²) in [6, 6.07) is 10.1. The summed E-state index contributed by atoms with van der Waals surface area (Å²) < 4.78 is 12.2. The first kappa shape index (κ1) is 21.3. The number of rotatable bonds is 9. The van der Waals surface area contributed by atoms with Gasteiger partial charge in [-0.1, -0.05) is 23.9 Å². The van der Waals surface area contributed by atoms with Crippen molar-refractivity contribution in [3.8, 4) is 11.6 Å². The number of ether oxygens (including phenoxy) is 1. The van der Waals surface area contributed by atoms with Gasteiger partial charge in [-0.3, -0.25) is 19.0 Å². The highest BCUT2D eigenvalue weighted by molar-refractivity contribution is 7.99. The summed E-state index contributed by atoms with van der Waals surface area (Å²) >= 11 is 1.16. The Morgan fingerprint density at radius 2 is 2.03 bits per heavy atom. The van der Waals surface area contributed by atoms with Crippen LogP contribution in [-0.4, -0.2) is 44.8 Å². The fourth-order valence-corrected chi connectivity index (χ4v) is 3.39. The predicted molar refractivity (Wildman–Crippen MR) is 110 cm³/mol. The number of hydrogen-bond acceptors (Lipinski definition) is 8. The Balaban J connectivity index is 1.49. The SMILES string of the molecule is CCn1c(SCC(=O)OCC(=O)Nc2cccc(C(C)=O)c2)nnc1-c1ccco1. The Kier molecular flexibility index (Phi) is 7.02. The third kappa shape index (κ3) is 5.35. The fourth-order valence-electron chi connectivity index (χ4n) is 2.59. The molecule has 9 nitrogen and oxygen atoms in total. The summed E-state index contributed by atoms with van der Waals surface area (Å²) in [5.74, 6) is -0.0214. The number of nitrogens with zero attached hydrogens (tertiary/aromatic N) is 3. The minimum atomic E-state index is -0.558. The first-order valence-electron chi connectivity index (χ1n) is 9.14. The minimum absolute atomic E-state index is 0.0244. The molecule has 0 fully saturated rings. The highest BCUT2D eigenvalue weighted by Gasteiger charge is 2.17. The second kappa shape index (κ2) is 9.88. The van der Waals surface area contributed by atoms with Crippen molar-refractivity contribution in [2.24, 2.45) is 0 Å². The molecule has 0 aliphatic carbocycles. The van der Waals surface area contributed by atoms with Crippen LogP contribution in [0.2, 0.25) is 0 Å². The van der Waals surface area contributed by atoms with Crippen LogP contribution >= 0.6 is 11.8 Å². The van der Waals surface area contributed by atoms with Crippen molar-refractivity contribution in [3.63, 3.8) is 0 Å². The molecule has 2 heterocycles. The number of furan rings is 1. The highest BCUT2D eigenvalue weighted by Crippen LogP contribution is 2.24. The molecule has 0 aliphatic rings. The number of Topliss-reactive ketones (excluding diaryl/α,β-unsaturated/α-hetero) is 1. The molecule has 0 unspecified atom stereocenters. The zero-order valence-electron chi connectivity index (χ0n) is 16.5. The maximum Gasteiger partial charge on any atom is 0.316 e. The van der Waals surface area contributed by atoms with E-state index >= 15 is 0 Å². The van der Waals surface area contributed by atoms with Gasteiger partial charge in [-0.25, -0.2) is 0 Å². The van der Waals surface area contributed by atoms with Crippen molar-refractivity contribution in [2.75, 3.05) is 17.7 Å². The lowest BCUT2D eigenvalue weighted by Crippen LogP contribution is -2.21. The molecule has 156 valence electrons. The molecule has 1 N–H and O–H groups in total. The summed E-state index contributed by atoms with van der Waals surface area (Å²) in [5, 5.41) is 11.3. The number of amides is 1. The van der Waals surface area contributed by atoms with Crippen LogP contribution in [0.3, 0.4) is 0 Å². The number of nitrogens with one attached hydrogen (secondary N) is 1. The van der Waals surface area contributed by atoms with E-state index < -0.39 is 18.5 Å². The van der Waals surface area contributed by atoms with Gasteiger partial charge in [-0.05, 0) is 38.1 Å². The Morgan fingerprint density at radius 1 is 1.20 bits per heavy atom. The molecular weight excluding hydrogens is 408 g/mol. The molecule has 10 heteroatoms. The van der Waals surface area contributed by atoms with E-state index in [9.17, 15) is 14.4 Å². The molecule has 30 heavy (non-hydrogen) atoms. The summed E-state index contributed by atoms with van der Waals surface area (Å²) in [6.45, 7) is 3.55. The van der Waals surface area contributed by atoms with E-state index in [1.807, 2.05) is 11.5 Å². The van der Waals surface area contributed by atoms with Crippen molar-refractivity contribution in [3.05, 3.63) is 48.2 Å². The average molecular weight is 428 g/mol. The molecule has 3 rings (SSSR count). The Labute approximate surface area is 176 Å². The summed E-state index contributed by atoms with van der Waals surface area (Å²) in [6.07, 6.45) is 1.55. The fraction of sp³-hybridized carbons (Fsp3) is 0.250. The van der Waals surface area contributed by atoms with E-state index in [2.05, 4.69) is 15.5 Å². The van der Waals surface area contributed by atoms with E-state index in [4.69, 9.17) is 9.15 Å². The topological polar surface area (TPSA) is 116 Å². The average Bonchev–Trinajstić information content (AvgIpc) is 3.40. The molecule has 0 atom stereocenters. The predicted octanol–water partition coefficient (Wildman–Crippen LogP) is 3.03. The van der Waals surface area contributed by atoms with Crippen molar-refractivity contribution < 1.29 is 23.5 Å². The van der Waals surface area contributed by atoms with Crippen molar-refractivity contribution in [1.82, 2.24) is 14.8 Å². The molecule has 0 aliphatic heterocycles. The van der Waals surface area contributed by atoms with Gasteiger partial charge in [0.15, 0.2) is 29.1 Å². The molecule has 0 bridgehead atoms. The molecule has 0 radical (unpaired) electrons. The van der Waals surface area contributed by atoms with Gasteiger partial charge in [0.25, 0.3) is 5.91 Å². The Bertz CT molecular complexity index is 1050. The van der Waals surface area contributed by atoms with Crippen LogP contribution in [0.25, 0.3) is 11.6 Å². The number of thioether (sulfide) groups is 1. The molecule has 1 amide bonds. The van der Waals surface area contributed by atoms with Crippen molar-refractivity contribution >= 4 is 35.1 Å². The molecule has 2 aromatic heterocycles. The smallest absolute Gasteiger partial charge is 0.316 e. The van der Waals surface area contributed by atoms with Crippen molar-refractivity contribution in [1.29, 1.82) is 0 Å². The number of carbonyl (C=O) groups is 3. The standard InChI is InChI=1S/C20H20N4O5S/c1-3-24-19(16-8-5-9-28-16)22-23-20(24)30-12-18(27)29-11-17(26)21-15-7-4-6-14(10-15)13(2)25/h4-10H,3,11-12H2,1-2H3,(H,21,26). The van der Waals surface area contributed by atoms with E-state index in [0.717, 1.165) is 11.8 Å². The molecule has 3 aromatic rings. The Morgan fingerprint density at radius 3 is 2.73 bits per heavy atom. The lowest BCUT2D eigenvalue weighted by atomic mass is 10.1. The van der Waals surface area contributed by atoms with E-state index in [-0.39, 0.29) is 11.5 Å². The van der Waals surface area contributed by atoms with Crippen LogP contribution < -0.4 is 5.32 Å². The zero-order chi connectivity index (χ0) is 21.5.